The van der Waals surface area contributed by atoms with Gasteiger partial charge < -0.3 is 4.74 Å². The van der Waals surface area contributed by atoms with Crippen molar-refractivity contribution in [3.05, 3.63) is 36.5 Å². The fourth-order valence-electron chi connectivity index (χ4n) is 0.574. The van der Waals surface area contributed by atoms with Crippen molar-refractivity contribution in [3.8, 4) is 0 Å². The van der Waals surface area contributed by atoms with Crippen LogP contribution in [0.5, 0.6) is 0 Å². The van der Waals surface area contributed by atoms with Crippen LogP contribution in [0.3, 0.4) is 0 Å². The third-order valence-electron chi connectivity index (χ3n) is 1.000. The molecule has 0 radical (unpaired) electrons. The summed E-state index contributed by atoms with van der Waals surface area (Å²) in [5.74, 6) is 0. The molecule has 0 bridgehead atoms. The molecule has 1 heteroatoms. The van der Waals surface area contributed by atoms with Crippen LogP contribution in [0, 0.1) is 0 Å². The highest BCUT2D eigenvalue weighted by molar-refractivity contribution is 5.14. The Morgan fingerprint density at radius 3 is 2.70 bits per heavy atom. The topological polar surface area (TPSA) is 9.23 Å². The molecule has 0 saturated carbocycles. The molecule has 56 valence electrons. The number of ether oxygens (including phenoxy) is 1. The molecule has 0 atom stereocenters. The minimum absolute atomic E-state index is 0.696. The molecule has 0 aliphatic heterocycles. The van der Waals surface area contributed by atoms with Gasteiger partial charge in [-0.3, -0.25) is 0 Å². The van der Waals surface area contributed by atoms with Crippen molar-refractivity contribution in [2.45, 2.75) is 6.92 Å². The fraction of sp³-hybridized carbons (Fsp3) is 0.333. The second-order valence-corrected chi connectivity index (χ2v) is 2.07. The van der Waals surface area contributed by atoms with Gasteiger partial charge in [0.2, 0.25) is 0 Å². The highest BCUT2D eigenvalue weighted by atomic mass is 16.5. The summed E-state index contributed by atoms with van der Waals surface area (Å²) in [5.41, 5.74) is 1.21. The summed E-state index contributed by atoms with van der Waals surface area (Å²) in [4.78, 5) is 0. The van der Waals surface area contributed by atoms with Gasteiger partial charge in [0.25, 0.3) is 0 Å². The van der Waals surface area contributed by atoms with Crippen LogP contribution in [0.4, 0.5) is 0 Å². The lowest BCUT2D eigenvalue weighted by Crippen LogP contribution is -1.87. The molecule has 0 aromatic rings. The molecule has 0 aliphatic carbocycles. The van der Waals surface area contributed by atoms with Crippen LogP contribution in [-0.4, -0.2) is 13.7 Å². The number of hydrogen-bond donors (Lipinski definition) is 0. The normalized spacial score (nSPS) is 12.4. The maximum atomic E-state index is 4.91. The first-order valence-electron chi connectivity index (χ1n) is 3.25. The third kappa shape index (κ3) is 5.32. The van der Waals surface area contributed by atoms with Gasteiger partial charge in [0.15, 0.2) is 0 Å². The molecular formula is C9H14O. The Balaban J connectivity index is 3.67. The fourth-order valence-corrected chi connectivity index (χ4v) is 0.574. The van der Waals surface area contributed by atoms with Gasteiger partial charge in [0.05, 0.1) is 6.61 Å². The maximum absolute atomic E-state index is 4.91. The Hall–Kier alpha value is -0.820. The van der Waals surface area contributed by atoms with Crippen molar-refractivity contribution in [2.24, 2.45) is 0 Å². The summed E-state index contributed by atoms with van der Waals surface area (Å²) < 4.78 is 4.91. The van der Waals surface area contributed by atoms with Gasteiger partial charge in [-0.1, -0.05) is 30.9 Å². The smallest absolute Gasteiger partial charge is 0.0673 e. The Labute approximate surface area is 62.7 Å². The van der Waals surface area contributed by atoms with Crippen LogP contribution in [0.25, 0.3) is 0 Å². The van der Waals surface area contributed by atoms with E-state index in [1.807, 2.05) is 25.2 Å². The summed E-state index contributed by atoms with van der Waals surface area (Å²) in [6, 6.07) is 0. The minimum atomic E-state index is 0.696. The van der Waals surface area contributed by atoms with Gasteiger partial charge in [-0.15, -0.1) is 0 Å². The van der Waals surface area contributed by atoms with Crippen LogP contribution in [0.15, 0.2) is 36.5 Å². The summed E-state index contributed by atoms with van der Waals surface area (Å²) in [6.07, 6.45) is 7.59. The van der Waals surface area contributed by atoms with Crippen LogP contribution < -0.4 is 0 Å². The molecule has 0 spiro atoms. The molecular weight excluding hydrogens is 124 g/mol. The number of rotatable bonds is 4. The average Bonchev–Trinajstić information content (AvgIpc) is 1.89. The number of allylic oxidation sites excluding steroid dienone is 4. The van der Waals surface area contributed by atoms with Gasteiger partial charge in [-0.2, -0.15) is 0 Å². The lowest BCUT2D eigenvalue weighted by Gasteiger charge is -1.94. The van der Waals surface area contributed by atoms with Crippen LogP contribution in [0.1, 0.15) is 6.92 Å². The highest BCUT2D eigenvalue weighted by Gasteiger charge is 1.81. The van der Waals surface area contributed by atoms with Crippen molar-refractivity contribution in [2.75, 3.05) is 13.7 Å². The van der Waals surface area contributed by atoms with Gasteiger partial charge in [0, 0.05) is 7.11 Å². The van der Waals surface area contributed by atoms with Gasteiger partial charge in [0.1, 0.15) is 0 Å². The van der Waals surface area contributed by atoms with E-state index < -0.39 is 0 Å². The first-order chi connectivity index (χ1) is 4.81. The average molecular weight is 138 g/mol. The summed E-state index contributed by atoms with van der Waals surface area (Å²) in [5, 5.41) is 0. The zero-order valence-electron chi connectivity index (χ0n) is 6.63. The van der Waals surface area contributed by atoms with Crippen LogP contribution >= 0.6 is 0 Å². The molecule has 0 aliphatic rings. The van der Waals surface area contributed by atoms with E-state index in [2.05, 4.69) is 6.58 Å². The molecule has 10 heavy (non-hydrogen) atoms. The zero-order valence-corrected chi connectivity index (χ0v) is 6.63. The molecule has 0 saturated heterocycles. The molecule has 1 nitrogen and oxygen atoms in total. The van der Waals surface area contributed by atoms with Crippen LogP contribution in [-0.2, 0) is 4.74 Å². The predicted octanol–water partition coefficient (Wildman–Crippen LogP) is 2.32. The summed E-state index contributed by atoms with van der Waals surface area (Å²) in [7, 11) is 1.69. The van der Waals surface area contributed by atoms with E-state index in [-0.39, 0.29) is 0 Å². The molecule has 0 fully saturated rings. The standard InChI is InChI=1S/C9H14O/c1-4-5-6-7-9(2)8-10-3/h4-7H,1,8H2,2-3H3/b6-5-,9-7+. The van der Waals surface area contributed by atoms with Crippen molar-refractivity contribution in [1.29, 1.82) is 0 Å². The second-order valence-electron chi connectivity index (χ2n) is 2.07. The lowest BCUT2D eigenvalue weighted by molar-refractivity contribution is 0.226. The minimum Gasteiger partial charge on any atom is -0.380 e. The maximum Gasteiger partial charge on any atom is 0.0673 e. The SMILES string of the molecule is C=C/C=C\C=C(/C)COC. The van der Waals surface area contributed by atoms with Gasteiger partial charge >= 0.3 is 0 Å². The largest absolute Gasteiger partial charge is 0.380 e. The Morgan fingerprint density at radius 2 is 2.20 bits per heavy atom. The van der Waals surface area contributed by atoms with Gasteiger partial charge in [-0.05, 0) is 12.5 Å². The van der Waals surface area contributed by atoms with Crippen molar-refractivity contribution in [1.82, 2.24) is 0 Å². The predicted molar refractivity (Wildman–Crippen MR) is 45.0 cm³/mol. The second kappa shape index (κ2) is 6.30. The van der Waals surface area contributed by atoms with E-state index in [0.29, 0.717) is 6.61 Å². The highest BCUT2D eigenvalue weighted by Crippen LogP contribution is 1.92. The summed E-state index contributed by atoms with van der Waals surface area (Å²) in [6.45, 7) is 6.28. The van der Waals surface area contributed by atoms with Crippen molar-refractivity contribution in [3.63, 3.8) is 0 Å². The Bertz CT molecular complexity index is 143. The Kier molecular flexibility index (Phi) is 5.79. The Morgan fingerprint density at radius 1 is 1.50 bits per heavy atom. The third-order valence-corrected chi connectivity index (χ3v) is 1.000. The first-order valence-corrected chi connectivity index (χ1v) is 3.25. The monoisotopic (exact) mass is 138 g/mol. The molecule has 0 aromatic heterocycles. The molecule has 0 amide bonds. The molecule has 0 rings (SSSR count). The van der Waals surface area contributed by atoms with Gasteiger partial charge in [-0.25, -0.2) is 0 Å². The van der Waals surface area contributed by atoms with E-state index in [1.54, 1.807) is 13.2 Å². The van der Waals surface area contributed by atoms with Crippen LogP contribution in [0.2, 0.25) is 0 Å². The molecule has 0 aromatic carbocycles. The molecule has 0 N–H and O–H groups in total. The van der Waals surface area contributed by atoms with E-state index in [0.717, 1.165) is 0 Å². The first kappa shape index (κ1) is 9.18. The van der Waals surface area contributed by atoms with Crippen molar-refractivity contribution >= 4 is 0 Å². The number of methoxy groups -OCH3 is 1. The summed E-state index contributed by atoms with van der Waals surface area (Å²) >= 11 is 0. The molecule has 0 unspecified atom stereocenters. The number of hydrogen-bond acceptors (Lipinski definition) is 1. The van der Waals surface area contributed by atoms with Crippen molar-refractivity contribution < 1.29 is 4.74 Å². The quantitative estimate of drug-likeness (QED) is 0.542. The molecule has 0 heterocycles. The van der Waals surface area contributed by atoms with E-state index in [1.165, 1.54) is 5.57 Å². The van der Waals surface area contributed by atoms with E-state index in [4.69, 9.17) is 4.74 Å². The lowest BCUT2D eigenvalue weighted by atomic mass is 10.3. The zero-order chi connectivity index (χ0) is 7.82. The van der Waals surface area contributed by atoms with E-state index >= 15 is 0 Å². The van der Waals surface area contributed by atoms with E-state index in [9.17, 15) is 0 Å².